The van der Waals surface area contributed by atoms with Gasteiger partial charge in [-0.05, 0) is 49.9 Å². The normalized spacial score (nSPS) is 20.7. The molecule has 1 heterocycles. The average molecular weight is 341 g/mol. The molecule has 2 rings (SSSR count). The number of carbonyl (C=O) groups excluding carboxylic acids is 1. The fourth-order valence-corrected chi connectivity index (χ4v) is 2.81. The van der Waals surface area contributed by atoms with Crippen molar-refractivity contribution in [2.24, 2.45) is 5.92 Å². The minimum Gasteiger partial charge on any atom is -0.492 e. The molecule has 1 aliphatic rings. The second-order valence-corrected chi connectivity index (χ2v) is 6.44. The van der Waals surface area contributed by atoms with E-state index in [0.29, 0.717) is 25.1 Å². The number of benzene rings is 1. The standard InChI is InChI=1S/C18H28N2O2.ClH/c1-13(2)15-4-6-17(7-5-15)22-11-10-20-18(21)16-8-9-19-14(3)12-16;/h4-7,13-14,16,19H,8-12H2,1-3H3,(H,20,21);1H/t14-,16-;/m0./s1. The predicted molar refractivity (Wildman–Crippen MR) is 96.5 cm³/mol. The van der Waals surface area contributed by atoms with E-state index in [2.05, 4.69) is 43.5 Å². The van der Waals surface area contributed by atoms with Crippen molar-refractivity contribution in [1.29, 1.82) is 0 Å². The molecule has 0 saturated carbocycles. The van der Waals surface area contributed by atoms with Crippen LogP contribution in [-0.2, 0) is 4.79 Å². The summed E-state index contributed by atoms with van der Waals surface area (Å²) < 4.78 is 5.67. The molecule has 0 unspecified atom stereocenters. The molecule has 5 heteroatoms. The molecule has 0 aromatic heterocycles. The van der Waals surface area contributed by atoms with Crippen molar-refractivity contribution in [1.82, 2.24) is 10.6 Å². The van der Waals surface area contributed by atoms with Gasteiger partial charge >= 0.3 is 0 Å². The van der Waals surface area contributed by atoms with E-state index in [4.69, 9.17) is 4.74 Å². The van der Waals surface area contributed by atoms with Crippen LogP contribution >= 0.6 is 12.4 Å². The van der Waals surface area contributed by atoms with Gasteiger partial charge in [0.1, 0.15) is 12.4 Å². The van der Waals surface area contributed by atoms with Crippen LogP contribution in [0.3, 0.4) is 0 Å². The van der Waals surface area contributed by atoms with Crippen LogP contribution in [0.5, 0.6) is 5.75 Å². The Morgan fingerprint density at radius 2 is 2.04 bits per heavy atom. The van der Waals surface area contributed by atoms with Crippen LogP contribution in [0.15, 0.2) is 24.3 Å². The third kappa shape index (κ3) is 6.40. The van der Waals surface area contributed by atoms with Gasteiger partial charge in [0.2, 0.25) is 5.91 Å². The Bertz CT molecular complexity index is 476. The van der Waals surface area contributed by atoms with Crippen molar-refractivity contribution < 1.29 is 9.53 Å². The molecule has 1 fully saturated rings. The van der Waals surface area contributed by atoms with Gasteiger partial charge in [-0.3, -0.25) is 4.79 Å². The highest BCUT2D eigenvalue weighted by Crippen LogP contribution is 2.18. The molecular weight excluding hydrogens is 312 g/mol. The summed E-state index contributed by atoms with van der Waals surface area (Å²) in [4.78, 5) is 12.1. The number of amides is 1. The summed E-state index contributed by atoms with van der Waals surface area (Å²) in [6.07, 6.45) is 1.84. The fraction of sp³-hybridized carbons (Fsp3) is 0.611. The summed E-state index contributed by atoms with van der Waals surface area (Å²) in [5, 5.41) is 6.34. The Balaban J connectivity index is 0.00000264. The SMILES string of the molecule is CC(C)c1ccc(OCCNC(=O)[C@H]2CCN[C@@H](C)C2)cc1.Cl. The average Bonchev–Trinajstić information content (AvgIpc) is 2.51. The highest BCUT2D eigenvalue weighted by Gasteiger charge is 2.24. The highest BCUT2D eigenvalue weighted by atomic mass is 35.5. The molecule has 4 nitrogen and oxygen atoms in total. The van der Waals surface area contributed by atoms with E-state index >= 15 is 0 Å². The van der Waals surface area contributed by atoms with Crippen molar-refractivity contribution in [2.75, 3.05) is 19.7 Å². The smallest absolute Gasteiger partial charge is 0.223 e. The second-order valence-electron chi connectivity index (χ2n) is 6.44. The molecule has 1 saturated heterocycles. The van der Waals surface area contributed by atoms with Crippen molar-refractivity contribution in [2.45, 2.75) is 45.6 Å². The van der Waals surface area contributed by atoms with E-state index < -0.39 is 0 Å². The maximum atomic E-state index is 12.1. The van der Waals surface area contributed by atoms with Gasteiger partial charge in [-0.1, -0.05) is 26.0 Å². The lowest BCUT2D eigenvalue weighted by molar-refractivity contribution is -0.126. The molecule has 23 heavy (non-hydrogen) atoms. The van der Waals surface area contributed by atoms with Crippen LogP contribution < -0.4 is 15.4 Å². The number of halogens is 1. The number of rotatable bonds is 6. The predicted octanol–water partition coefficient (Wildman–Crippen LogP) is 3.11. The third-order valence-electron chi connectivity index (χ3n) is 4.21. The van der Waals surface area contributed by atoms with Gasteiger partial charge in [-0.2, -0.15) is 0 Å². The van der Waals surface area contributed by atoms with Crippen LogP contribution in [0.1, 0.15) is 45.1 Å². The van der Waals surface area contributed by atoms with Crippen molar-refractivity contribution in [3.05, 3.63) is 29.8 Å². The lowest BCUT2D eigenvalue weighted by atomic mass is 9.92. The fourth-order valence-electron chi connectivity index (χ4n) is 2.81. The Morgan fingerprint density at radius 1 is 1.35 bits per heavy atom. The minimum absolute atomic E-state index is 0. The van der Waals surface area contributed by atoms with Gasteiger partial charge in [-0.25, -0.2) is 0 Å². The van der Waals surface area contributed by atoms with E-state index in [9.17, 15) is 4.79 Å². The second kappa shape index (κ2) is 9.78. The number of piperidine rings is 1. The van der Waals surface area contributed by atoms with Crippen LogP contribution in [0.4, 0.5) is 0 Å². The van der Waals surface area contributed by atoms with E-state index in [0.717, 1.165) is 25.1 Å². The summed E-state index contributed by atoms with van der Waals surface area (Å²) in [6, 6.07) is 8.60. The molecule has 130 valence electrons. The number of hydrogen-bond acceptors (Lipinski definition) is 3. The van der Waals surface area contributed by atoms with Crippen molar-refractivity contribution >= 4 is 18.3 Å². The van der Waals surface area contributed by atoms with Crippen LogP contribution in [-0.4, -0.2) is 31.6 Å². The molecule has 0 aliphatic carbocycles. The molecular formula is C18H29ClN2O2. The van der Waals surface area contributed by atoms with Crippen molar-refractivity contribution in [3.8, 4) is 5.75 Å². The Kier molecular flexibility index (Phi) is 8.42. The van der Waals surface area contributed by atoms with Gasteiger partial charge in [-0.15, -0.1) is 12.4 Å². The van der Waals surface area contributed by atoms with Gasteiger partial charge in [0.15, 0.2) is 0 Å². The monoisotopic (exact) mass is 340 g/mol. The van der Waals surface area contributed by atoms with Crippen LogP contribution in [0, 0.1) is 5.92 Å². The highest BCUT2D eigenvalue weighted by molar-refractivity contribution is 5.85. The van der Waals surface area contributed by atoms with Crippen LogP contribution in [0.25, 0.3) is 0 Å². The van der Waals surface area contributed by atoms with Gasteiger partial charge in [0.05, 0.1) is 6.54 Å². The Labute approximate surface area is 145 Å². The van der Waals surface area contributed by atoms with E-state index in [1.54, 1.807) is 0 Å². The third-order valence-corrected chi connectivity index (χ3v) is 4.21. The molecule has 0 radical (unpaired) electrons. The summed E-state index contributed by atoms with van der Waals surface area (Å²) in [5.41, 5.74) is 1.31. The zero-order valence-corrected chi connectivity index (χ0v) is 15.1. The molecule has 1 aromatic carbocycles. The minimum atomic E-state index is 0. The number of ether oxygens (including phenoxy) is 1. The summed E-state index contributed by atoms with van der Waals surface area (Å²) in [6.45, 7) is 8.47. The van der Waals surface area contributed by atoms with Gasteiger partial charge < -0.3 is 15.4 Å². The van der Waals surface area contributed by atoms with Gasteiger partial charge in [0.25, 0.3) is 0 Å². The summed E-state index contributed by atoms with van der Waals surface area (Å²) in [5.74, 6) is 1.68. The molecule has 2 N–H and O–H groups in total. The first-order valence-electron chi connectivity index (χ1n) is 8.30. The first-order valence-corrected chi connectivity index (χ1v) is 8.30. The topological polar surface area (TPSA) is 50.4 Å². The van der Waals surface area contributed by atoms with Gasteiger partial charge in [0, 0.05) is 12.0 Å². The first kappa shape index (κ1) is 19.8. The van der Waals surface area contributed by atoms with Crippen molar-refractivity contribution in [3.63, 3.8) is 0 Å². The Morgan fingerprint density at radius 3 is 2.65 bits per heavy atom. The largest absolute Gasteiger partial charge is 0.492 e. The van der Waals surface area contributed by atoms with E-state index in [1.165, 1.54) is 5.56 Å². The summed E-state index contributed by atoms with van der Waals surface area (Å²) in [7, 11) is 0. The first-order chi connectivity index (χ1) is 10.6. The number of nitrogens with one attached hydrogen (secondary N) is 2. The molecule has 0 bridgehead atoms. The van der Waals surface area contributed by atoms with E-state index in [1.807, 2.05) is 12.1 Å². The summed E-state index contributed by atoms with van der Waals surface area (Å²) >= 11 is 0. The van der Waals surface area contributed by atoms with E-state index in [-0.39, 0.29) is 24.2 Å². The van der Waals surface area contributed by atoms with Crippen LogP contribution in [0.2, 0.25) is 0 Å². The lowest BCUT2D eigenvalue weighted by Crippen LogP contribution is -2.43. The zero-order valence-electron chi connectivity index (χ0n) is 14.3. The zero-order chi connectivity index (χ0) is 15.9. The number of carbonyl (C=O) groups is 1. The Hall–Kier alpha value is -1.26. The lowest BCUT2D eigenvalue weighted by Gasteiger charge is -2.27. The maximum absolute atomic E-state index is 12.1. The molecule has 1 aromatic rings. The molecule has 1 amide bonds. The quantitative estimate of drug-likeness (QED) is 0.782. The molecule has 0 spiro atoms. The molecule has 2 atom stereocenters. The molecule has 1 aliphatic heterocycles. The maximum Gasteiger partial charge on any atom is 0.223 e. The number of hydrogen-bond donors (Lipinski definition) is 2.